The van der Waals surface area contributed by atoms with Gasteiger partial charge in [-0.05, 0) is 26.7 Å². The minimum atomic E-state index is 0.537. The van der Waals surface area contributed by atoms with E-state index in [0.717, 1.165) is 30.3 Å². The number of hydrogen-bond acceptors (Lipinski definition) is 5. The van der Waals surface area contributed by atoms with Crippen molar-refractivity contribution < 1.29 is 0 Å². The molecule has 19 heavy (non-hydrogen) atoms. The SMILES string of the molecule is Cc1cnc(C)c(N2CCCC(c3nccs3)C2)n1. The third kappa shape index (κ3) is 2.61. The van der Waals surface area contributed by atoms with E-state index in [4.69, 9.17) is 0 Å². The van der Waals surface area contributed by atoms with Gasteiger partial charge in [0, 0.05) is 36.8 Å². The zero-order valence-corrected chi connectivity index (χ0v) is 12.2. The van der Waals surface area contributed by atoms with Gasteiger partial charge >= 0.3 is 0 Å². The fourth-order valence-corrected chi connectivity index (χ4v) is 3.40. The van der Waals surface area contributed by atoms with Crippen LogP contribution in [0.25, 0.3) is 0 Å². The average molecular weight is 274 g/mol. The van der Waals surface area contributed by atoms with Gasteiger partial charge in [0.15, 0.2) is 0 Å². The van der Waals surface area contributed by atoms with Gasteiger partial charge in [0.25, 0.3) is 0 Å². The number of piperidine rings is 1. The fraction of sp³-hybridized carbons (Fsp3) is 0.500. The highest BCUT2D eigenvalue weighted by atomic mass is 32.1. The number of aryl methyl sites for hydroxylation is 2. The monoisotopic (exact) mass is 274 g/mol. The minimum absolute atomic E-state index is 0.537. The summed E-state index contributed by atoms with van der Waals surface area (Å²) in [7, 11) is 0. The van der Waals surface area contributed by atoms with Crippen molar-refractivity contribution >= 4 is 17.2 Å². The molecule has 3 heterocycles. The van der Waals surface area contributed by atoms with Crippen molar-refractivity contribution in [2.75, 3.05) is 18.0 Å². The predicted octanol–water partition coefficient (Wildman–Crippen LogP) is 2.93. The smallest absolute Gasteiger partial charge is 0.150 e. The second-order valence-corrected chi connectivity index (χ2v) is 6.00. The molecule has 1 aliphatic rings. The van der Waals surface area contributed by atoms with E-state index in [1.54, 1.807) is 11.3 Å². The Kier molecular flexibility index (Phi) is 3.46. The topological polar surface area (TPSA) is 41.9 Å². The summed E-state index contributed by atoms with van der Waals surface area (Å²) in [5.41, 5.74) is 2.00. The Morgan fingerprint density at radius 1 is 1.32 bits per heavy atom. The van der Waals surface area contributed by atoms with Gasteiger partial charge in [-0.25, -0.2) is 9.97 Å². The molecule has 0 aromatic carbocycles. The third-order valence-corrected chi connectivity index (χ3v) is 4.51. The summed E-state index contributed by atoms with van der Waals surface area (Å²) in [6, 6.07) is 0. The van der Waals surface area contributed by atoms with E-state index in [-0.39, 0.29) is 0 Å². The van der Waals surface area contributed by atoms with Crippen molar-refractivity contribution in [1.29, 1.82) is 0 Å². The van der Waals surface area contributed by atoms with Crippen LogP contribution in [0.5, 0.6) is 0 Å². The molecular weight excluding hydrogens is 256 g/mol. The Hall–Kier alpha value is -1.49. The Bertz CT molecular complexity index is 553. The summed E-state index contributed by atoms with van der Waals surface area (Å²) in [6.45, 7) is 6.11. The number of aromatic nitrogens is 3. The summed E-state index contributed by atoms with van der Waals surface area (Å²) in [6.07, 6.45) is 6.15. The second kappa shape index (κ2) is 5.25. The molecule has 4 nitrogen and oxygen atoms in total. The molecule has 1 aliphatic heterocycles. The molecule has 0 amide bonds. The van der Waals surface area contributed by atoms with Gasteiger partial charge in [0.05, 0.1) is 16.4 Å². The number of hydrogen-bond donors (Lipinski definition) is 0. The van der Waals surface area contributed by atoms with E-state index in [2.05, 4.69) is 25.2 Å². The third-order valence-electron chi connectivity index (χ3n) is 3.57. The first-order valence-electron chi connectivity index (χ1n) is 6.68. The zero-order valence-electron chi connectivity index (χ0n) is 11.3. The van der Waals surface area contributed by atoms with Crippen LogP contribution in [0.4, 0.5) is 5.82 Å². The highest BCUT2D eigenvalue weighted by Crippen LogP contribution is 2.30. The standard InChI is InChI=1S/C14H18N4S/c1-10-8-16-11(2)13(17-10)18-6-3-4-12(9-18)14-15-5-7-19-14/h5,7-8,12H,3-4,6,9H2,1-2H3. The Morgan fingerprint density at radius 2 is 2.21 bits per heavy atom. The maximum Gasteiger partial charge on any atom is 0.150 e. The van der Waals surface area contributed by atoms with E-state index < -0.39 is 0 Å². The second-order valence-electron chi connectivity index (χ2n) is 5.08. The number of thiazole rings is 1. The molecule has 1 unspecified atom stereocenters. The van der Waals surface area contributed by atoms with E-state index in [1.165, 1.54) is 17.8 Å². The molecule has 5 heteroatoms. The normalized spacial score (nSPS) is 19.7. The molecule has 1 saturated heterocycles. The van der Waals surface area contributed by atoms with Crippen molar-refractivity contribution in [2.24, 2.45) is 0 Å². The van der Waals surface area contributed by atoms with Crippen LogP contribution in [0.15, 0.2) is 17.8 Å². The Balaban J connectivity index is 1.83. The van der Waals surface area contributed by atoms with Gasteiger partial charge in [0.1, 0.15) is 5.82 Å². The molecule has 0 spiro atoms. The average Bonchev–Trinajstić information content (AvgIpc) is 2.96. The summed E-state index contributed by atoms with van der Waals surface area (Å²) < 4.78 is 0. The summed E-state index contributed by atoms with van der Waals surface area (Å²) in [5.74, 6) is 1.58. The summed E-state index contributed by atoms with van der Waals surface area (Å²) in [4.78, 5) is 15.9. The van der Waals surface area contributed by atoms with Crippen molar-refractivity contribution in [3.8, 4) is 0 Å². The first-order chi connectivity index (χ1) is 9.24. The van der Waals surface area contributed by atoms with Gasteiger partial charge < -0.3 is 4.90 Å². The number of nitrogens with zero attached hydrogens (tertiary/aromatic N) is 4. The Labute approximate surface area is 117 Å². The van der Waals surface area contributed by atoms with Crippen LogP contribution in [0.1, 0.15) is 35.2 Å². The fourth-order valence-electron chi connectivity index (χ4n) is 2.63. The molecule has 0 bridgehead atoms. The van der Waals surface area contributed by atoms with Crippen LogP contribution in [0.3, 0.4) is 0 Å². The highest BCUT2D eigenvalue weighted by Gasteiger charge is 2.25. The van der Waals surface area contributed by atoms with Gasteiger partial charge in [-0.15, -0.1) is 11.3 Å². The first-order valence-corrected chi connectivity index (χ1v) is 7.56. The molecule has 0 saturated carbocycles. The van der Waals surface area contributed by atoms with E-state index in [9.17, 15) is 0 Å². The summed E-state index contributed by atoms with van der Waals surface area (Å²) >= 11 is 1.76. The van der Waals surface area contributed by atoms with E-state index in [1.807, 2.05) is 26.2 Å². The van der Waals surface area contributed by atoms with E-state index in [0.29, 0.717) is 5.92 Å². The van der Waals surface area contributed by atoms with Crippen LogP contribution in [0, 0.1) is 13.8 Å². The van der Waals surface area contributed by atoms with Crippen LogP contribution in [-0.2, 0) is 0 Å². The molecule has 2 aromatic rings. The van der Waals surface area contributed by atoms with Crippen molar-refractivity contribution in [3.05, 3.63) is 34.2 Å². The van der Waals surface area contributed by atoms with Crippen LogP contribution in [0.2, 0.25) is 0 Å². The van der Waals surface area contributed by atoms with Gasteiger partial charge in [0.2, 0.25) is 0 Å². The lowest BCUT2D eigenvalue weighted by Gasteiger charge is -2.33. The van der Waals surface area contributed by atoms with Gasteiger partial charge in [-0.2, -0.15) is 0 Å². The lowest BCUT2D eigenvalue weighted by atomic mass is 9.98. The molecule has 2 aromatic heterocycles. The number of anilines is 1. The molecule has 100 valence electrons. The zero-order chi connectivity index (χ0) is 13.2. The molecule has 3 rings (SSSR count). The molecular formula is C14H18N4S. The predicted molar refractivity (Wildman–Crippen MR) is 77.8 cm³/mol. The first kappa shape index (κ1) is 12.5. The number of rotatable bonds is 2. The van der Waals surface area contributed by atoms with Crippen molar-refractivity contribution in [3.63, 3.8) is 0 Å². The van der Waals surface area contributed by atoms with E-state index >= 15 is 0 Å². The molecule has 1 fully saturated rings. The lowest BCUT2D eigenvalue weighted by Crippen LogP contribution is -2.35. The van der Waals surface area contributed by atoms with Gasteiger partial charge in [-0.3, -0.25) is 4.98 Å². The molecule has 1 atom stereocenters. The van der Waals surface area contributed by atoms with Crippen LogP contribution in [-0.4, -0.2) is 28.0 Å². The molecule has 0 N–H and O–H groups in total. The van der Waals surface area contributed by atoms with Crippen molar-refractivity contribution in [2.45, 2.75) is 32.6 Å². The maximum absolute atomic E-state index is 4.66. The summed E-state index contributed by atoms with van der Waals surface area (Å²) in [5, 5.41) is 3.31. The molecule has 0 aliphatic carbocycles. The Morgan fingerprint density at radius 3 is 3.00 bits per heavy atom. The highest BCUT2D eigenvalue weighted by molar-refractivity contribution is 7.09. The van der Waals surface area contributed by atoms with Crippen LogP contribution < -0.4 is 4.90 Å². The van der Waals surface area contributed by atoms with Gasteiger partial charge in [-0.1, -0.05) is 0 Å². The minimum Gasteiger partial charge on any atom is -0.354 e. The maximum atomic E-state index is 4.66. The quantitative estimate of drug-likeness (QED) is 0.844. The van der Waals surface area contributed by atoms with Crippen LogP contribution >= 0.6 is 11.3 Å². The molecule has 0 radical (unpaired) electrons. The van der Waals surface area contributed by atoms with Crippen molar-refractivity contribution in [1.82, 2.24) is 15.0 Å². The lowest BCUT2D eigenvalue weighted by molar-refractivity contribution is 0.504. The largest absolute Gasteiger partial charge is 0.354 e.